The van der Waals surface area contributed by atoms with Gasteiger partial charge in [0.2, 0.25) is 11.8 Å². The number of ether oxygens (including phenoxy) is 1. The van der Waals surface area contributed by atoms with E-state index in [4.69, 9.17) is 4.74 Å². The molecule has 2 amide bonds. The summed E-state index contributed by atoms with van der Waals surface area (Å²) in [6.45, 7) is 6.71. The second-order valence-electron chi connectivity index (χ2n) is 7.78. The number of morpholine rings is 1. The Kier molecular flexibility index (Phi) is 7.25. The number of fused-ring (bicyclic) bond motifs is 1. The molecule has 0 radical (unpaired) electrons. The summed E-state index contributed by atoms with van der Waals surface area (Å²) in [5.74, 6) is 0.988. The highest BCUT2D eigenvalue weighted by Crippen LogP contribution is 2.20. The van der Waals surface area contributed by atoms with Crippen molar-refractivity contribution < 1.29 is 14.3 Å². The van der Waals surface area contributed by atoms with E-state index in [1.807, 2.05) is 9.80 Å². The maximum atomic E-state index is 12.5. The van der Waals surface area contributed by atoms with Gasteiger partial charge in [-0.3, -0.25) is 14.5 Å². The van der Waals surface area contributed by atoms with Crippen LogP contribution in [0.1, 0.15) is 5.56 Å². The van der Waals surface area contributed by atoms with Crippen molar-refractivity contribution in [3.8, 4) is 0 Å². The van der Waals surface area contributed by atoms with Gasteiger partial charge in [0, 0.05) is 45.8 Å². The van der Waals surface area contributed by atoms with E-state index in [0.717, 1.165) is 32.7 Å². The molecule has 7 heteroatoms. The molecule has 0 aliphatic carbocycles. The van der Waals surface area contributed by atoms with Gasteiger partial charge >= 0.3 is 0 Å². The van der Waals surface area contributed by atoms with Crippen molar-refractivity contribution >= 4 is 34.3 Å². The molecule has 0 atom stereocenters. The van der Waals surface area contributed by atoms with E-state index in [2.05, 4.69) is 47.4 Å². The van der Waals surface area contributed by atoms with Gasteiger partial charge in [-0.05, 0) is 16.3 Å². The van der Waals surface area contributed by atoms with Crippen LogP contribution in [0.15, 0.2) is 42.5 Å². The third-order valence-corrected chi connectivity index (χ3v) is 6.72. The summed E-state index contributed by atoms with van der Waals surface area (Å²) in [7, 11) is 0. The molecule has 2 aliphatic heterocycles. The lowest BCUT2D eigenvalue weighted by atomic mass is 10.0. The van der Waals surface area contributed by atoms with Crippen LogP contribution in [-0.2, 0) is 20.9 Å². The summed E-state index contributed by atoms with van der Waals surface area (Å²) in [5, 5.41) is 2.58. The van der Waals surface area contributed by atoms with Crippen molar-refractivity contribution in [2.45, 2.75) is 6.54 Å². The van der Waals surface area contributed by atoms with Crippen molar-refractivity contribution in [3.63, 3.8) is 0 Å². The molecule has 2 heterocycles. The Hall–Kier alpha value is -2.09. The molecule has 0 bridgehead atoms. The lowest BCUT2D eigenvalue weighted by molar-refractivity contribution is -0.132. The summed E-state index contributed by atoms with van der Waals surface area (Å²) in [6, 6.07) is 15.0. The van der Waals surface area contributed by atoms with Crippen molar-refractivity contribution in [3.05, 3.63) is 48.0 Å². The fourth-order valence-corrected chi connectivity index (χ4v) is 4.86. The van der Waals surface area contributed by atoms with Gasteiger partial charge < -0.3 is 14.5 Å². The van der Waals surface area contributed by atoms with E-state index in [9.17, 15) is 9.59 Å². The monoisotopic (exact) mass is 427 g/mol. The average Bonchev–Trinajstić information content (AvgIpc) is 2.80. The highest BCUT2D eigenvalue weighted by atomic mass is 32.2. The average molecular weight is 428 g/mol. The Balaban J connectivity index is 1.20. The molecule has 0 unspecified atom stereocenters. The van der Waals surface area contributed by atoms with E-state index in [0.29, 0.717) is 37.8 Å². The summed E-state index contributed by atoms with van der Waals surface area (Å²) >= 11 is 1.42. The minimum absolute atomic E-state index is 0.107. The number of hydrogen-bond donors (Lipinski definition) is 0. The summed E-state index contributed by atoms with van der Waals surface area (Å²) in [6.07, 6.45) is 0. The molecule has 0 N–H and O–H groups in total. The van der Waals surface area contributed by atoms with Crippen LogP contribution in [0.4, 0.5) is 0 Å². The number of carbonyl (C=O) groups is 2. The van der Waals surface area contributed by atoms with E-state index < -0.39 is 0 Å². The molecule has 2 aromatic carbocycles. The third-order valence-electron chi connectivity index (χ3n) is 5.81. The first-order valence-electron chi connectivity index (χ1n) is 10.6. The van der Waals surface area contributed by atoms with Gasteiger partial charge in [0.25, 0.3) is 0 Å². The highest BCUT2D eigenvalue weighted by molar-refractivity contribution is 8.00. The fraction of sp³-hybridized carbons (Fsp3) is 0.478. The van der Waals surface area contributed by atoms with E-state index in [1.165, 1.54) is 28.1 Å². The first kappa shape index (κ1) is 21.2. The molecule has 2 aromatic rings. The van der Waals surface area contributed by atoms with Gasteiger partial charge in [-0.25, -0.2) is 0 Å². The maximum absolute atomic E-state index is 12.5. The van der Waals surface area contributed by atoms with Crippen molar-refractivity contribution in [1.82, 2.24) is 14.7 Å². The molecule has 0 spiro atoms. The first-order valence-corrected chi connectivity index (χ1v) is 11.8. The first-order chi connectivity index (χ1) is 14.7. The van der Waals surface area contributed by atoms with Crippen molar-refractivity contribution in [1.29, 1.82) is 0 Å². The van der Waals surface area contributed by atoms with Crippen LogP contribution in [-0.4, -0.2) is 90.5 Å². The van der Waals surface area contributed by atoms with Crippen molar-refractivity contribution in [2.75, 3.05) is 64.0 Å². The molecule has 2 saturated heterocycles. The topological polar surface area (TPSA) is 53.1 Å². The van der Waals surface area contributed by atoms with E-state index in [-0.39, 0.29) is 11.8 Å². The minimum atomic E-state index is 0.107. The third kappa shape index (κ3) is 5.33. The molecule has 2 fully saturated rings. The Labute approximate surface area is 182 Å². The number of thioether (sulfide) groups is 1. The normalized spacial score (nSPS) is 18.0. The Bertz CT molecular complexity index is 872. The molecule has 4 rings (SSSR count). The smallest absolute Gasteiger partial charge is 0.232 e. The number of piperazine rings is 1. The molecule has 0 aromatic heterocycles. The predicted octanol–water partition coefficient (Wildman–Crippen LogP) is 2.08. The summed E-state index contributed by atoms with van der Waals surface area (Å²) < 4.78 is 5.27. The van der Waals surface area contributed by atoms with Gasteiger partial charge in [0.1, 0.15) is 0 Å². The molecule has 160 valence electrons. The number of rotatable bonds is 6. The largest absolute Gasteiger partial charge is 0.378 e. The molecular weight excluding hydrogens is 398 g/mol. The lowest BCUT2D eigenvalue weighted by Gasteiger charge is -2.35. The predicted molar refractivity (Wildman–Crippen MR) is 121 cm³/mol. The number of nitrogens with zero attached hydrogens (tertiary/aromatic N) is 3. The van der Waals surface area contributed by atoms with Crippen LogP contribution in [0.5, 0.6) is 0 Å². The van der Waals surface area contributed by atoms with Crippen LogP contribution in [0.3, 0.4) is 0 Å². The summed E-state index contributed by atoms with van der Waals surface area (Å²) in [4.78, 5) is 30.9. The zero-order valence-corrected chi connectivity index (χ0v) is 18.1. The van der Waals surface area contributed by atoms with Crippen LogP contribution in [0, 0.1) is 0 Å². The Morgan fingerprint density at radius 3 is 2.17 bits per heavy atom. The second kappa shape index (κ2) is 10.3. The molecular formula is C23H29N3O3S. The van der Waals surface area contributed by atoms with Gasteiger partial charge in [-0.1, -0.05) is 42.5 Å². The van der Waals surface area contributed by atoms with Gasteiger partial charge in [0.15, 0.2) is 0 Å². The Morgan fingerprint density at radius 2 is 1.43 bits per heavy atom. The van der Waals surface area contributed by atoms with Crippen LogP contribution in [0.2, 0.25) is 0 Å². The van der Waals surface area contributed by atoms with Gasteiger partial charge in [0.05, 0.1) is 24.7 Å². The number of carbonyl (C=O) groups excluding carboxylic acids is 2. The van der Waals surface area contributed by atoms with Gasteiger partial charge in [-0.2, -0.15) is 0 Å². The van der Waals surface area contributed by atoms with Crippen LogP contribution >= 0.6 is 11.8 Å². The lowest BCUT2D eigenvalue weighted by Crippen LogP contribution is -2.49. The second-order valence-corrected chi connectivity index (χ2v) is 8.77. The zero-order valence-electron chi connectivity index (χ0n) is 17.3. The van der Waals surface area contributed by atoms with Crippen LogP contribution in [0.25, 0.3) is 10.8 Å². The highest BCUT2D eigenvalue weighted by Gasteiger charge is 2.22. The maximum Gasteiger partial charge on any atom is 0.232 e. The van der Waals surface area contributed by atoms with E-state index >= 15 is 0 Å². The van der Waals surface area contributed by atoms with Crippen molar-refractivity contribution in [2.24, 2.45) is 0 Å². The minimum Gasteiger partial charge on any atom is -0.378 e. The molecule has 0 saturated carbocycles. The molecule has 30 heavy (non-hydrogen) atoms. The standard InChI is InChI=1S/C23H29N3O3S/c27-22(17-30-18-23(28)26-12-14-29-15-13-26)25-10-8-24(9-11-25)16-20-6-3-5-19-4-1-2-7-21(19)20/h1-7H,8-18H2. The van der Waals surface area contributed by atoms with Crippen LogP contribution < -0.4 is 0 Å². The van der Waals surface area contributed by atoms with Gasteiger partial charge in [-0.15, -0.1) is 11.8 Å². The molecule has 2 aliphatic rings. The molecule has 6 nitrogen and oxygen atoms in total. The number of hydrogen-bond acceptors (Lipinski definition) is 5. The zero-order chi connectivity index (χ0) is 20.8. The number of benzene rings is 2. The quantitative estimate of drug-likeness (QED) is 0.707. The van der Waals surface area contributed by atoms with E-state index in [1.54, 1.807) is 0 Å². The Morgan fingerprint density at radius 1 is 0.800 bits per heavy atom. The SMILES string of the molecule is O=C(CSCC(=O)N1CCN(Cc2cccc3ccccc23)CC1)N1CCOCC1. The number of amides is 2. The summed E-state index contributed by atoms with van der Waals surface area (Å²) in [5.41, 5.74) is 1.34. The fourth-order valence-electron chi connectivity index (χ4n) is 4.05.